The number of nitrogens with one attached hydrogen (secondary N) is 1. The summed E-state index contributed by atoms with van der Waals surface area (Å²) in [5.41, 5.74) is 5.89. The highest BCUT2D eigenvalue weighted by Gasteiger charge is 2.43. The molecule has 188 valence electrons. The van der Waals surface area contributed by atoms with E-state index in [2.05, 4.69) is 52.9 Å². The molecule has 2 aromatic carbocycles. The molecule has 37 heavy (non-hydrogen) atoms. The van der Waals surface area contributed by atoms with Crippen LogP contribution in [0.2, 0.25) is 0 Å². The highest BCUT2D eigenvalue weighted by molar-refractivity contribution is 7.80. The lowest BCUT2D eigenvalue weighted by Gasteiger charge is -2.28. The average Bonchev–Trinajstić information content (AvgIpc) is 3.63. The smallest absolute Gasteiger partial charge is 0.174 e. The van der Waals surface area contributed by atoms with E-state index in [9.17, 15) is 0 Å². The summed E-state index contributed by atoms with van der Waals surface area (Å²) in [4.78, 5) is 6.92. The van der Waals surface area contributed by atoms with Gasteiger partial charge in [0.2, 0.25) is 0 Å². The number of anilines is 1. The lowest BCUT2D eigenvalue weighted by atomic mass is 9.96. The first-order valence-corrected chi connectivity index (χ1v) is 13.1. The minimum Gasteiger partial charge on any atom is -0.497 e. The van der Waals surface area contributed by atoms with E-state index in [1.807, 2.05) is 54.7 Å². The van der Waals surface area contributed by atoms with Crippen LogP contribution < -0.4 is 19.7 Å². The molecule has 6 rings (SSSR count). The third-order valence-electron chi connectivity index (χ3n) is 7.26. The SMILES string of the molecule is COc1ccc(Oc2ccc(N3C(=S)N[C@@H](c4ccccn4)[C@H]3c3cc(C)n(C4CC4)c3C)cc2)cc1. The number of benzene rings is 2. The summed E-state index contributed by atoms with van der Waals surface area (Å²) >= 11 is 5.92. The molecular weight excluding hydrogens is 480 g/mol. The second kappa shape index (κ2) is 9.56. The molecule has 4 aromatic rings. The van der Waals surface area contributed by atoms with E-state index in [0.717, 1.165) is 28.6 Å². The minimum atomic E-state index is -0.0583. The van der Waals surface area contributed by atoms with Gasteiger partial charge in [0.1, 0.15) is 17.2 Å². The molecule has 6 nitrogen and oxygen atoms in total. The summed E-state index contributed by atoms with van der Waals surface area (Å²) in [5, 5.41) is 4.27. The van der Waals surface area contributed by atoms with E-state index in [1.54, 1.807) is 7.11 Å². The molecule has 3 heterocycles. The highest BCUT2D eigenvalue weighted by atomic mass is 32.1. The number of ether oxygens (including phenoxy) is 2. The Hall–Kier alpha value is -3.84. The lowest BCUT2D eigenvalue weighted by Crippen LogP contribution is -2.29. The van der Waals surface area contributed by atoms with Crippen molar-refractivity contribution >= 4 is 23.0 Å². The van der Waals surface area contributed by atoms with Gasteiger partial charge in [-0.15, -0.1) is 0 Å². The van der Waals surface area contributed by atoms with Gasteiger partial charge in [0.05, 0.1) is 24.9 Å². The van der Waals surface area contributed by atoms with Gasteiger partial charge in [-0.2, -0.15) is 0 Å². The minimum absolute atomic E-state index is 0.0190. The Morgan fingerprint density at radius 2 is 1.59 bits per heavy atom. The predicted molar refractivity (Wildman–Crippen MR) is 150 cm³/mol. The largest absolute Gasteiger partial charge is 0.497 e. The van der Waals surface area contributed by atoms with Crippen LogP contribution in [-0.4, -0.2) is 21.8 Å². The van der Waals surface area contributed by atoms with Gasteiger partial charge in [0.25, 0.3) is 0 Å². The van der Waals surface area contributed by atoms with Crippen molar-refractivity contribution in [1.29, 1.82) is 0 Å². The molecule has 2 aliphatic rings. The van der Waals surface area contributed by atoms with Gasteiger partial charge in [-0.3, -0.25) is 4.98 Å². The first kappa shape index (κ1) is 23.6. The Bertz CT molecular complexity index is 1410. The Labute approximate surface area is 222 Å². The Balaban J connectivity index is 1.35. The Morgan fingerprint density at radius 1 is 0.919 bits per heavy atom. The van der Waals surface area contributed by atoms with Gasteiger partial charge in [-0.1, -0.05) is 6.07 Å². The van der Waals surface area contributed by atoms with Crippen LogP contribution in [0.15, 0.2) is 79.0 Å². The number of rotatable bonds is 7. The van der Waals surface area contributed by atoms with E-state index in [1.165, 1.54) is 29.8 Å². The molecule has 1 N–H and O–H groups in total. The van der Waals surface area contributed by atoms with Gasteiger partial charge in [0, 0.05) is 29.3 Å². The van der Waals surface area contributed by atoms with Crippen molar-refractivity contribution in [2.24, 2.45) is 0 Å². The average molecular weight is 511 g/mol. The van der Waals surface area contributed by atoms with E-state index in [-0.39, 0.29) is 12.1 Å². The summed E-state index contributed by atoms with van der Waals surface area (Å²) in [6.45, 7) is 4.45. The number of hydrogen-bond acceptors (Lipinski definition) is 4. The third-order valence-corrected chi connectivity index (χ3v) is 7.58. The number of aryl methyl sites for hydroxylation is 1. The van der Waals surface area contributed by atoms with Crippen molar-refractivity contribution in [3.8, 4) is 17.2 Å². The van der Waals surface area contributed by atoms with E-state index in [4.69, 9.17) is 26.7 Å². The zero-order valence-corrected chi connectivity index (χ0v) is 22.0. The predicted octanol–water partition coefficient (Wildman–Crippen LogP) is 6.81. The molecule has 0 spiro atoms. The van der Waals surface area contributed by atoms with Crippen molar-refractivity contribution < 1.29 is 9.47 Å². The summed E-state index contributed by atoms with van der Waals surface area (Å²) in [5.74, 6) is 2.32. The molecular formula is C30H30N4O2S. The third kappa shape index (κ3) is 4.44. The zero-order valence-electron chi connectivity index (χ0n) is 21.2. The number of nitrogens with zero attached hydrogens (tertiary/aromatic N) is 3. The zero-order chi connectivity index (χ0) is 25.5. The molecule has 2 aromatic heterocycles. The van der Waals surface area contributed by atoms with Crippen LogP contribution in [0.4, 0.5) is 5.69 Å². The quantitative estimate of drug-likeness (QED) is 0.276. The van der Waals surface area contributed by atoms with Crippen LogP contribution in [0.1, 0.15) is 53.6 Å². The molecule has 0 bridgehead atoms. The molecule has 0 unspecified atom stereocenters. The molecule has 1 saturated carbocycles. The summed E-state index contributed by atoms with van der Waals surface area (Å²) in [6.07, 6.45) is 4.35. The molecule has 1 aliphatic carbocycles. The first-order chi connectivity index (χ1) is 18.0. The molecule has 0 radical (unpaired) electrons. The fourth-order valence-corrected chi connectivity index (χ4v) is 5.75. The first-order valence-electron chi connectivity index (χ1n) is 12.6. The fraction of sp³-hybridized carbons (Fsp3) is 0.267. The maximum absolute atomic E-state index is 6.06. The standard InChI is InChI=1S/C30H30N4O2S/c1-19-18-26(20(2)33(19)21-7-8-21)29-28(27-6-4-5-17-31-27)32-30(37)34(29)22-9-11-24(12-10-22)36-25-15-13-23(35-3)14-16-25/h4-6,9-18,21,28-29H,7-8H2,1-3H3,(H,32,37)/t28-,29+/m0/s1. The van der Waals surface area contributed by atoms with Crippen LogP contribution in [0.3, 0.4) is 0 Å². The number of methoxy groups -OCH3 is 1. The van der Waals surface area contributed by atoms with Crippen LogP contribution in [0.5, 0.6) is 17.2 Å². The maximum atomic E-state index is 6.06. The van der Waals surface area contributed by atoms with Gasteiger partial charge in [0.15, 0.2) is 5.11 Å². The normalized spacial score (nSPS) is 19.1. The van der Waals surface area contributed by atoms with Gasteiger partial charge < -0.3 is 24.3 Å². The van der Waals surface area contributed by atoms with E-state index >= 15 is 0 Å². The number of thiocarbonyl (C=S) groups is 1. The van der Waals surface area contributed by atoms with E-state index in [0.29, 0.717) is 11.2 Å². The maximum Gasteiger partial charge on any atom is 0.174 e. The van der Waals surface area contributed by atoms with Crippen LogP contribution >= 0.6 is 12.2 Å². The second-order valence-electron chi connectivity index (χ2n) is 9.70. The summed E-state index contributed by atoms with van der Waals surface area (Å²) in [6, 6.07) is 24.6. The van der Waals surface area contributed by atoms with Crippen LogP contribution in [0, 0.1) is 13.8 Å². The molecule has 1 saturated heterocycles. The fourth-order valence-electron chi connectivity index (χ4n) is 5.40. The van der Waals surface area contributed by atoms with Gasteiger partial charge in [-0.05, 0) is 111 Å². The molecule has 2 atom stereocenters. The highest BCUT2D eigenvalue weighted by Crippen LogP contribution is 2.46. The van der Waals surface area contributed by atoms with Gasteiger partial charge in [-0.25, -0.2) is 0 Å². The number of hydrogen-bond donors (Lipinski definition) is 1. The Kier molecular flexibility index (Phi) is 6.08. The number of pyridine rings is 1. The van der Waals surface area contributed by atoms with E-state index < -0.39 is 0 Å². The molecule has 0 amide bonds. The van der Waals surface area contributed by atoms with Crippen LogP contribution in [0.25, 0.3) is 0 Å². The monoisotopic (exact) mass is 510 g/mol. The van der Waals surface area contributed by atoms with Crippen molar-refractivity contribution in [1.82, 2.24) is 14.9 Å². The van der Waals surface area contributed by atoms with Crippen molar-refractivity contribution in [2.45, 2.75) is 44.8 Å². The second-order valence-corrected chi connectivity index (χ2v) is 10.1. The molecule has 2 fully saturated rings. The number of aromatic nitrogens is 2. The summed E-state index contributed by atoms with van der Waals surface area (Å²) < 4.78 is 13.8. The lowest BCUT2D eigenvalue weighted by molar-refractivity contribution is 0.413. The van der Waals surface area contributed by atoms with Crippen molar-refractivity contribution in [3.63, 3.8) is 0 Å². The van der Waals surface area contributed by atoms with Crippen LogP contribution in [-0.2, 0) is 0 Å². The Morgan fingerprint density at radius 3 is 2.22 bits per heavy atom. The summed E-state index contributed by atoms with van der Waals surface area (Å²) in [7, 11) is 1.65. The topological polar surface area (TPSA) is 51.6 Å². The van der Waals surface area contributed by atoms with Crippen molar-refractivity contribution in [3.05, 3.63) is 102 Å². The molecule has 1 aliphatic heterocycles. The molecule has 7 heteroatoms. The van der Waals surface area contributed by atoms with Gasteiger partial charge >= 0.3 is 0 Å². The van der Waals surface area contributed by atoms with Crippen molar-refractivity contribution in [2.75, 3.05) is 12.0 Å².